The number of halogens is 2. The van der Waals surface area contributed by atoms with Gasteiger partial charge in [-0.2, -0.15) is 4.31 Å². The zero-order valence-corrected chi connectivity index (χ0v) is 14.4. The van der Waals surface area contributed by atoms with Gasteiger partial charge in [0, 0.05) is 23.1 Å². The highest BCUT2D eigenvalue weighted by Crippen LogP contribution is 2.32. The highest BCUT2D eigenvalue weighted by atomic mass is 79.9. The average molecular weight is 382 g/mol. The Balaban J connectivity index is 2.44. The van der Waals surface area contributed by atoms with Gasteiger partial charge >= 0.3 is 0 Å². The summed E-state index contributed by atoms with van der Waals surface area (Å²) in [6.07, 6.45) is 2.69. The van der Waals surface area contributed by atoms with E-state index in [1.807, 2.05) is 6.92 Å². The fourth-order valence-corrected chi connectivity index (χ4v) is 5.24. The molecule has 20 heavy (non-hydrogen) atoms. The van der Waals surface area contributed by atoms with E-state index < -0.39 is 10.0 Å². The third-order valence-corrected chi connectivity index (χ3v) is 6.97. The van der Waals surface area contributed by atoms with Gasteiger partial charge in [-0.1, -0.05) is 18.0 Å². The van der Waals surface area contributed by atoms with E-state index in [1.165, 1.54) is 6.07 Å². The molecular formula is C13H18BrClN2O2S. The molecule has 0 radical (unpaired) electrons. The minimum absolute atomic E-state index is 0.0308. The smallest absolute Gasteiger partial charge is 0.243 e. The molecule has 2 rings (SSSR count). The van der Waals surface area contributed by atoms with Crippen molar-refractivity contribution in [2.24, 2.45) is 5.73 Å². The lowest BCUT2D eigenvalue weighted by atomic mass is 10.00. The lowest BCUT2D eigenvalue weighted by Crippen LogP contribution is -2.51. The maximum absolute atomic E-state index is 12.8. The molecule has 1 saturated heterocycles. The number of sulfonamides is 1. The molecule has 2 N–H and O–H groups in total. The summed E-state index contributed by atoms with van der Waals surface area (Å²) in [5.41, 5.74) is 5.75. The Labute approximate surface area is 133 Å². The second-order valence-corrected chi connectivity index (χ2v) is 8.19. The molecule has 4 nitrogen and oxygen atoms in total. The van der Waals surface area contributed by atoms with Crippen LogP contribution in [0.25, 0.3) is 0 Å². The van der Waals surface area contributed by atoms with Crippen LogP contribution in [0.5, 0.6) is 0 Å². The molecule has 0 spiro atoms. The van der Waals surface area contributed by atoms with E-state index in [0.29, 0.717) is 16.0 Å². The van der Waals surface area contributed by atoms with E-state index >= 15 is 0 Å². The van der Waals surface area contributed by atoms with Crippen molar-refractivity contribution in [2.45, 2.75) is 43.2 Å². The zero-order valence-electron chi connectivity index (χ0n) is 11.2. The minimum atomic E-state index is -3.55. The fraction of sp³-hybridized carbons (Fsp3) is 0.538. The predicted molar refractivity (Wildman–Crippen MR) is 84.3 cm³/mol. The van der Waals surface area contributed by atoms with Gasteiger partial charge in [-0.05, 0) is 53.9 Å². The molecule has 0 amide bonds. The summed E-state index contributed by atoms with van der Waals surface area (Å²) in [4.78, 5) is 0.251. The van der Waals surface area contributed by atoms with Crippen LogP contribution in [0.3, 0.4) is 0 Å². The summed E-state index contributed by atoms with van der Waals surface area (Å²) in [6.45, 7) is 2.28. The highest BCUT2D eigenvalue weighted by Gasteiger charge is 2.37. The third kappa shape index (κ3) is 3.04. The first-order chi connectivity index (χ1) is 9.37. The van der Waals surface area contributed by atoms with Crippen LogP contribution >= 0.6 is 27.5 Å². The SMILES string of the molecule is CC1CCCC(CN)N1S(=O)(=O)c1ccc(Cl)c(Br)c1. The van der Waals surface area contributed by atoms with E-state index in [2.05, 4.69) is 15.9 Å². The number of nitrogens with two attached hydrogens (primary N) is 1. The normalized spacial score (nSPS) is 24.8. The summed E-state index contributed by atoms with van der Waals surface area (Å²) in [6, 6.07) is 4.52. The standard InChI is InChI=1S/C13H18BrClN2O2S/c1-9-3-2-4-10(8-16)17(9)20(18,19)11-5-6-13(15)12(14)7-11/h5-7,9-10H,2-4,8,16H2,1H3. The lowest BCUT2D eigenvalue weighted by Gasteiger charge is -2.39. The van der Waals surface area contributed by atoms with Crippen LogP contribution in [-0.2, 0) is 10.0 Å². The molecule has 2 atom stereocenters. The van der Waals surface area contributed by atoms with E-state index in [1.54, 1.807) is 16.4 Å². The van der Waals surface area contributed by atoms with Crippen molar-refractivity contribution in [2.75, 3.05) is 6.54 Å². The van der Waals surface area contributed by atoms with Crippen molar-refractivity contribution >= 4 is 37.6 Å². The van der Waals surface area contributed by atoms with Gasteiger partial charge in [0.1, 0.15) is 0 Å². The van der Waals surface area contributed by atoms with Crippen LogP contribution in [0.2, 0.25) is 5.02 Å². The Morgan fingerprint density at radius 2 is 2.15 bits per heavy atom. The zero-order chi connectivity index (χ0) is 14.9. The second-order valence-electron chi connectivity index (χ2n) is 5.08. The summed E-state index contributed by atoms with van der Waals surface area (Å²) >= 11 is 9.20. The number of piperidine rings is 1. The molecule has 0 bridgehead atoms. The molecule has 0 aliphatic carbocycles. The predicted octanol–water partition coefficient (Wildman–Crippen LogP) is 2.99. The molecule has 1 aliphatic rings. The van der Waals surface area contributed by atoms with Gasteiger partial charge in [0.25, 0.3) is 0 Å². The highest BCUT2D eigenvalue weighted by molar-refractivity contribution is 9.10. The number of rotatable bonds is 3. The first-order valence-electron chi connectivity index (χ1n) is 6.56. The Morgan fingerprint density at radius 3 is 2.75 bits per heavy atom. The van der Waals surface area contributed by atoms with Crippen molar-refractivity contribution < 1.29 is 8.42 Å². The first kappa shape index (κ1) is 16.2. The molecule has 1 fully saturated rings. The number of hydrogen-bond donors (Lipinski definition) is 1. The Hall–Kier alpha value is -0.140. The minimum Gasteiger partial charge on any atom is -0.329 e. The molecule has 1 aromatic carbocycles. The van der Waals surface area contributed by atoms with Crippen molar-refractivity contribution in [3.8, 4) is 0 Å². The summed E-state index contributed by atoms with van der Waals surface area (Å²) < 4.78 is 27.8. The largest absolute Gasteiger partial charge is 0.329 e. The van der Waals surface area contributed by atoms with Crippen LogP contribution in [0.4, 0.5) is 0 Å². The molecule has 0 saturated carbocycles. The Morgan fingerprint density at radius 1 is 1.45 bits per heavy atom. The molecule has 2 unspecified atom stereocenters. The van der Waals surface area contributed by atoms with Gasteiger partial charge in [0.2, 0.25) is 10.0 Å². The van der Waals surface area contributed by atoms with Crippen LogP contribution in [-0.4, -0.2) is 31.4 Å². The first-order valence-corrected chi connectivity index (χ1v) is 9.17. The maximum Gasteiger partial charge on any atom is 0.243 e. The van der Waals surface area contributed by atoms with Gasteiger partial charge in [-0.15, -0.1) is 0 Å². The number of hydrogen-bond acceptors (Lipinski definition) is 3. The summed E-state index contributed by atoms with van der Waals surface area (Å²) in [5, 5.41) is 0.492. The molecule has 112 valence electrons. The van der Waals surface area contributed by atoms with E-state index in [4.69, 9.17) is 17.3 Å². The van der Waals surface area contributed by atoms with Crippen LogP contribution in [0.15, 0.2) is 27.6 Å². The average Bonchev–Trinajstić information content (AvgIpc) is 2.41. The van der Waals surface area contributed by atoms with Crippen molar-refractivity contribution in [3.63, 3.8) is 0 Å². The van der Waals surface area contributed by atoms with Gasteiger partial charge in [0.15, 0.2) is 0 Å². The fourth-order valence-electron chi connectivity index (χ4n) is 2.68. The van der Waals surface area contributed by atoms with Crippen LogP contribution in [0, 0.1) is 0 Å². The maximum atomic E-state index is 12.8. The number of nitrogens with zero attached hydrogens (tertiary/aromatic N) is 1. The third-order valence-electron chi connectivity index (χ3n) is 3.69. The monoisotopic (exact) mass is 380 g/mol. The lowest BCUT2D eigenvalue weighted by molar-refractivity contribution is 0.196. The molecule has 7 heteroatoms. The van der Waals surface area contributed by atoms with Gasteiger partial charge in [-0.3, -0.25) is 0 Å². The molecule has 1 aliphatic heterocycles. The van der Waals surface area contributed by atoms with Crippen LogP contribution in [0.1, 0.15) is 26.2 Å². The van der Waals surface area contributed by atoms with Gasteiger partial charge in [-0.25, -0.2) is 8.42 Å². The van der Waals surface area contributed by atoms with Crippen molar-refractivity contribution in [3.05, 3.63) is 27.7 Å². The summed E-state index contributed by atoms with van der Waals surface area (Å²) in [5.74, 6) is 0. The Kier molecular flexibility index (Phi) is 5.13. The molecular weight excluding hydrogens is 364 g/mol. The van der Waals surface area contributed by atoms with E-state index in [0.717, 1.165) is 19.3 Å². The van der Waals surface area contributed by atoms with E-state index in [9.17, 15) is 8.42 Å². The summed E-state index contributed by atoms with van der Waals surface area (Å²) in [7, 11) is -3.55. The number of benzene rings is 1. The Bertz CT molecular complexity index is 594. The molecule has 1 aromatic rings. The van der Waals surface area contributed by atoms with Crippen LogP contribution < -0.4 is 5.73 Å². The topological polar surface area (TPSA) is 63.4 Å². The van der Waals surface area contributed by atoms with Crippen molar-refractivity contribution in [1.29, 1.82) is 0 Å². The van der Waals surface area contributed by atoms with Gasteiger partial charge in [0.05, 0.1) is 9.92 Å². The van der Waals surface area contributed by atoms with Crippen molar-refractivity contribution in [1.82, 2.24) is 4.31 Å². The van der Waals surface area contributed by atoms with Gasteiger partial charge < -0.3 is 5.73 Å². The molecule has 0 aromatic heterocycles. The quantitative estimate of drug-likeness (QED) is 0.875. The molecule has 1 heterocycles. The van der Waals surface area contributed by atoms with E-state index in [-0.39, 0.29) is 17.0 Å². The second kappa shape index (κ2) is 6.32.